The normalized spacial score (nSPS) is 11.6. The van der Waals surface area contributed by atoms with Crippen LogP contribution in [0.3, 0.4) is 0 Å². The SMILES string of the molecule is c1ccc(-c2ccc3c(c2)c2c(-c4cccc(-n5c6cccnc6c6ncccc65)c4)cccc2n3-c2ccccc2)cc1. The largest absolute Gasteiger partial charge is 0.309 e. The Labute approximate surface area is 254 Å². The Kier molecular flexibility index (Phi) is 5.47. The average molecular weight is 563 g/mol. The van der Waals surface area contributed by atoms with E-state index < -0.39 is 0 Å². The molecule has 0 radical (unpaired) electrons. The maximum absolute atomic E-state index is 4.69. The monoisotopic (exact) mass is 562 g/mol. The smallest absolute Gasteiger partial charge is 0.115 e. The summed E-state index contributed by atoms with van der Waals surface area (Å²) in [6.07, 6.45) is 3.67. The molecule has 0 unspecified atom stereocenters. The van der Waals surface area contributed by atoms with Crippen molar-refractivity contribution in [2.75, 3.05) is 0 Å². The highest BCUT2D eigenvalue weighted by atomic mass is 15.0. The molecule has 0 aliphatic heterocycles. The number of pyridine rings is 2. The van der Waals surface area contributed by atoms with Gasteiger partial charge in [-0.25, -0.2) is 0 Å². The Morgan fingerprint density at radius 1 is 0.386 bits per heavy atom. The zero-order valence-corrected chi connectivity index (χ0v) is 23.8. The van der Waals surface area contributed by atoms with Crippen molar-refractivity contribution in [1.82, 2.24) is 19.1 Å². The van der Waals surface area contributed by atoms with Crippen LogP contribution in [0.2, 0.25) is 0 Å². The van der Waals surface area contributed by atoms with Crippen molar-refractivity contribution in [1.29, 1.82) is 0 Å². The minimum atomic E-state index is 0.912. The number of fused-ring (bicyclic) bond motifs is 6. The van der Waals surface area contributed by atoms with Gasteiger partial charge in [0, 0.05) is 34.5 Å². The van der Waals surface area contributed by atoms with Gasteiger partial charge in [-0.2, -0.15) is 0 Å². The van der Waals surface area contributed by atoms with Crippen LogP contribution < -0.4 is 0 Å². The molecule has 9 rings (SSSR count). The highest BCUT2D eigenvalue weighted by Gasteiger charge is 2.18. The van der Waals surface area contributed by atoms with Gasteiger partial charge in [0.1, 0.15) is 11.0 Å². The minimum absolute atomic E-state index is 0.912. The molecular formula is C40H26N4. The fourth-order valence-corrected chi connectivity index (χ4v) is 6.72. The zero-order chi connectivity index (χ0) is 29.0. The lowest BCUT2D eigenvalue weighted by Gasteiger charge is -2.11. The molecule has 4 heteroatoms. The highest BCUT2D eigenvalue weighted by molar-refractivity contribution is 6.16. The van der Waals surface area contributed by atoms with Crippen molar-refractivity contribution < 1.29 is 0 Å². The summed E-state index contributed by atoms with van der Waals surface area (Å²) in [6, 6.07) is 51.8. The van der Waals surface area contributed by atoms with Gasteiger partial charge >= 0.3 is 0 Å². The summed E-state index contributed by atoms with van der Waals surface area (Å²) in [5, 5.41) is 2.48. The average Bonchev–Trinajstić information content (AvgIpc) is 3.62. The van der Waals surface area contributed by atoms with Gasteiger partial charge in [0.2, 0.25) is 0 Å². The van der Waals surface area contributed by atoms with Gasteiger partial charge in [-0.05, 0) is 89.0 Å². The molecule has 206 valence electrons. The van der Waals surface area contributed by atoms with Crippen LogP contribution in [0.4, 0.5) is 0 Å². The fourth-order valence-electron chi connectivity index (χ4n) is 6.72. The molecule has 4 heterocycles. The maximum Gasteiger partial charge on any atom is 0.115 e. The third-order valence-corrected chi connectivity index (χ3v) is 8.61. The van der Waals surface area contributed by atoms with Gasteiger partial charge in [-0.15, -0.1) is 0 Å². The van der Waals surface area contributed by atoms with Crippen LogP contribution in [0, 0.1) is 0 Å². The first-order chi connectivity index (χ1) is 21.8. The van der Waals surface area contributed by atoms with Gasteiger partial charge in [0.15, 0.2) is 0 Å². The molecule has 0 amide bonds. The van der Waals surface area contributed by atoms with Crippen molar-refractivity contribution in [3.05, 3.63) is 158 Å². The van der Waals surface area contributed by atoms with Gasteiger partial charge in [0.25, 0.3) is 0 Å². The summed E-state index contributed by atoms with van der Waals surface area (Å²) in [5.74, 6) is 0. The Morgan fingerprint density at radius 2 is 1.00 bits per heavy atom. The third kappa shape index (κ3) is 3.71. The van der Waals surface area contributed by atoms with E-state index in [0.717, 1.165) is 39.0 Å². The summed E-state index contributed by atoms with van der Waals surface area (Å²) < 4.78 is 4.66. The standard InChI is InChI=1S/C40H26N4/c1-3-11-27(12-4-1)28-21-22-34-33(26-28)38-32(17-8-18-35(38)43(34)30-14-5-2-6-15-30)29-13-7-16-31(25-29)44-36-19-9-23-41-39(36)40-37(44)20-10-24-42-40/h1-26H. The summed E-state index contributed by atoms with van der Waals surface area (Å²) >= 11 is 0. The molecule has 0 spiro atoms. The van der Waals surface area contributed by atoms with Crippen molar-refractivity contribution in [3.63, 3.8) is 0 Å². The minimum Gasteiger partial charge on any atom is -0.309 e. The highest BCUT2D eigenvalue weighted by Crippen LogP contribution is 2.41. The number of aromatic nitrogens is 4. The summed E-state index contributed by atoms with van der Waals surface area (Å²) in [5.41, 5.74) is 13.3. The van der Waals surface area contributed by atoms with E-state index >= 15 is 0 Å². The van der Waals surface area contributed by atoms with Crippen LogP contribution >= 0.6 is 0 Å². The van der Waals surface area contributed by atoms with E-state index in [4.69, 9.17) is 0 Å². The molecule has 0 N–H and O–H groups in total. The lowest BCUT2D eigenvalue weighted by atomic mass is 9.97. The van der Waals surface area contributed by atoms with E-state index in [1.807, 2.05) is 24.5 Å². The molecule has 0 aliphatic carbocycles. The molecule has 4 aromatic heterocycles. The second kappa shape index (κ2) is 9.79. The lowest BCUT2D eigenvalue weighted by molar-refractivity contribution is 1.17. The Hall–Kier alpha value is -6.00. The van der Waals surface area contributed by atoms with E-state index in [0.29, 0.717) is 0 Å². The van der Waals surface area contributed by atoms with Gasteiger partial charge in [-0.3, -0.25) is 9.97 Å². The lowest BCUT2D eigenvalue weighted by Crippen LogP contribution is -1.95. The Morgan fingerprint density at radius 3 is 1.75 bits per heavy atom. The van der Waals surface area contributed by atoms with E-state index in [2.05, 4.69) is 153 Å². The quantitative estimate of drug-likeness (QED) is 0.214. The number of hydrogen-bond donors (Lipinski definition) is 0. The third-order valence-electron chi connectivity index (χ3n) is 8.61. The van der Waals surface area contributed by atoms with Crippen molar-refractivity contribution in [2.45, 2.75) is 0 Å². The number of para-hydroxylation sites is 1. The molecule has 9 aromatic rings. The first kappa shape index (κ1) is 24.6. The summed E-state index contributed by atoms with van der Waals surface area (Å²) in [6.45, 7) is 0. The zero-order valence-electron chi connectivity index (χ0n) is 23.8. The molecule has 44 heavy (non-hydrogen) atoms. The summed E-state index contributed by atoms with van der Waals surface area (Å²) in [7, 11) is 0. The summed E-state index contributed by atoms with van der Waals surface area (Å²) in [4.78, 5) is 9.38. The predicted octanol–water partition coefficient (Wildman–Crippen LogP) is 10.0. The van der Waals surface area contributed by atoms with Crippen molar-refractivity contribution >= 4 is 43.9 Å². The van der Waals surface area contributed by atoms with Crippen LogP contribution in [0.1, 0.15) is 0 Å². The number of nitrogens with zero attached hydrogens (tertiary/aromatic N) is 4. The van der Waals surface area contributed by atoms with Crippen LogP contribution in [0.25, 0.3) is 77.5 Å². The Bertz CT molecular complexity index is 2430. The number of hydrogen-bond acceptors (Lipinski definition) is 2. The first-order valence-corrected chi connectivity index (χ1v) is 14.8. The topological polar surface area (TPSA) is 35.6 Å². The predicted molar refractivity (Wildman–Crippen MR) is 182 cm³/mol. The van der Waals surface area contributed by atoms with Gasteiger partial charge in [0.05, 0.1) is 22.1 Å². The first-order valence-electron chi connectivity index (χ1n) is 14.8. The van der Waals surface area contributed by atoms with E-state index in [-0.39, 0.29) is 0 Å². The van der Waals surface area contributed by atoms with Crippen LogP contribution in [-0.4, -0.2) is 19.1 Å². The van der Waals surface area contributed by atoms with Crippen LogP contribution in [0.15, 0.2) is 158 Å². The molecule has 0 atom stereocenters. The van der Waals surface area contributed by atoms with E-state index in [1.165, 1.54) is 38.5 Å². The van der Waals surface area contributed by atoms with Gasteiger partial charge in [-0.1, -0.05) is 78.9 Å². The molecular weight excluding hydrogens is 536 g/mol. The molecule has 0 aliphatic rings. The van der Waals surface area contributed by atoms with E-state index in [1.54, 1.807) is 0 Å². The second-order valence-corrected chi connectivity index (χ2v) is 11.1. The van der Waals surface area contributed by atoms with E-state index in [9.17, 15) is 0 Å². The number of benzene rings is 5. The molecule has 0 bridgehead atoms. The van der Waals surface area contributed by atoms with Crippen molar-refractivity contribution in [2.24, 2.45) is 0 Å². The second-order valence-electron chi connectivity index (χ2n) is 11.1. The maximum atomic E-state index is 4.69. The molecule has 4 nitrogen and oxygen atoms in total. The molecule has 5 aromatic carbocycles. The molecule has 0 saturated heterocycles. The van der Waals surface area contributed by atoms with Crippen LogP contribution in [0.5, 0.6) is 0 Å². The van der Waals surface area contributed by atoms with Gasteiger partial charge < -0.3 is 9.13 Å². The fraction of sp³-hybridized carbons (Fsp3) is 0. The molecule has 0 saturated carbocycles. The molecule has 0 fully saturated rings. The Balaban J connectivity index is 1.33. The van der Waals surface area contributed by atoms with Crippen molar-refractivity contribution in [3.8, 4) is 33.6 Å². The number of rotatable bonds is 4. The van der Waals surface area contributed by atoms with Crippen LogP contribution in [-0.2, 0) is 0 Å².